The van der Waals surface area contributed by atoms with Crippen LogP contribution in [0, 0.1) is 5.82 Å². The first kappa shape index (κ1) is 22.3. The summed E-state index contributed by atoms with van der Waals surface area (Å²) in [5.41, 5.74) is 1.24. The fourth-order valence-corrected chi connectivity index (χ4v) is 4.58. The second-order valence-corrected chi connectivity index (χ2v) is 8.41. The molecule has 1 aliphatic rings. The summed E-state index contributed by atoms with van der Waals surface area (Å²) in [5, 5.41) is 9.32. The molecule has 4 rings (SSSR count). The lowest BCUT2D eigenvalue weighted by Crippen LogP contribution is -2.21. The number of Topliss-reactive ketones (excluding diaryl/α,β-unsaturated/α-hetero) is 1. The average molecular weight is 457 g/mol. The zero-order chi connectivity index (χ0) is 22.5. The molecular formula is C23H25FN4O3S. The van der Waals surface area contributed by atoms with Gasteiger partial charge in [0.25, 0.3) is 0 Å². The molecule has 1 saturated heterocycles. The standard InChI is InChI=1S/C23H25FN4O3S/c1-30-18-9-10-19(21(13-18)31-2)20(29)15-32-23-26-25-22(14-27-11-3-4-12-27)28(23)17-7-5-16(24)6-8-17/h5-10,13H,3-4,11-12,14-15H2,1-2H3. The summed E-state index contributed by atoms with van der Waals surface area (Å²) in [6.07, 6.45) is 2.34. The van der Waals surface area contributed by atoms with Crippen LogP contribution in [0.4, 0.5) is 4.39 Å². The van der Waals surface area contributed by atoms with E-state index in [1.54, 1.807) is 37.4 Å². The van der Waals surface area contributed by atoms with Crippen molar-refractivity contribution in [3.8, 4) is 17.2 Å². The number of rotatable bonds is 9. The predicted molar refractivity (Wildman–Crippen MR) is 120 cm³/mol. The van der Waals surface area contributed by atoms with Gasteiger partial charge in [-0.2, -0.15) is 0 Å². The Balaban J connectivity index is 1.57. The van der Waals surface area contributed by atoms with Crippen LogP contribution in [0.15, 0.2) is 47.6 Å². The number of carbonyl (C=O) groups excluding carboxylic acids is 1. The third kappa shape index (κ3) is 4.94. The molecule has 0 radical (unpaired) electrons. The van der Waals surface area contributed by atoms with Crippen LogP contribution in [0.25, 0.3) is 5.69 Å². The van der Waals surface area contributed by atoms with Crippen molar-refractivity contribution in [3.05, 3.63) is 59.7 Å². The number of likely N-dealkylation sites (tertiary alicyclic amines) is 1. The van der Waals surface area contributed by atoms with E-state index in [2.05, 4.69) is 15.1 Å². The van der Waals surface area contributed by atoms with Gasteiger partial charge in [0, 0.05) is 11.8 Å². The first-order valence-corrected chi connectivity index (χ1v) is 11.4. The molecule has 0 saturated carbocycles. The molecular weight excluding hydrogens is 431 g/mol. The molecule has 0 N–H and O–H groups in total. The summed E-state index contributed by atoms with van der Waals surface area (Å²) in [6, 6.07) is 11.3. The van der Waals surface area contributed by atoms with Crippen LogP contribution in [-0.2, 0) is 6.54 Å². The van der Waals surface area contributed by atoms with Crippen molar-refractivity contribution in [3.63, 3.8) is 0 Å². The van der Waals surface area contributed by atoms with Crippen LogP contribution in [0.1, 0.15) is 29.0 Å². The van der Waals surface area contributed by atoms with Crippen molar-refractivity contribution in [1.82, 2.24) is 19.7 Å². The van der Waals surface area contributed by atoms with E-state index in [9.17, 15) is 9.18 Å². The number of hydrogen-bond acceptors (Lipinski definition) is 7. The number of benzene rings is 2. The second kappa shape index (κ2) is 10.1. The number of hydrogen-bond donors (Lipinski definition) is 0. The van der Waals surface area contributed by atoms with Gasteiger partial charge in [-0.25, -0.2) is 4.39 Å². The van der Waals surface area contributed by atoms with E-state index in [0.29, 0.717) is 28.8 Å². The van der Waals surface area contributed by atoms with E-state index in [-0.39, 0.29) is 17.4 Å². The fraction of sp³-hybridized carbons (Fsp3) is 0.348. The topological polar surface area (TPSA) is 69.5 Å². The van der Waals surface area contributed by atoms with E-state index in [0.717, 1.165) is 24.6 Å². The highest BCUT2D eigenvalue weighted by atomic mass is 32.2. The molecule has 3 aromatic rings. The zero-order valence-corrected chi connectivity index (χ0v) is 18.9. The number of aromatic nitrogens is 3. The third-order valence-electron chi connectivity index (χ3n) is 5.39. The van der Waals surface area contributed by atoms with Gasteiger partial charge in [0.1, 0.15) is 17.3 Å². The summed E-state index contributed by atoms with van der Waals surface area (Å²) in [7, 11) is 3.09. The molecule has 0 aliphatic carbocycles. The highest BCUT2D eigenvalue weighted by Crippen LogP contribution is 2.28. The normalized spacial score (nSPS) is 14.0. The van der Waals surface area contributed by atoms with Crippen molar-refractivity contribution in [2.45, 2.75) is 24.5 Å². The minimum absolute atomic E-state index is 0.0933. The number of carbonyl (C=O) groups is 1. The molecule has 2 aromatic carbocycles. The van der Waals surface area contributed by atoms with Crippen LogP contribution < -0.4 is 9.47 Å². The zero-order valence-electron chi connectivity index (χ0n) is 18.1. The maximum atomic E-state index is 13.5. The monoisotopic (exact) mass is 456 g/mol. The maximum Gasteiger partial charge on any atom is 0.196 e. The Morgan fingerprint density at radius 3 is 2.50 bits per heavy atom. The van der Waals surface area contributed by atoms with Crippen molar-refractivity contribution < 1.29 is 18.7 Å². The Hall–Kier alpha value is -2.91. The summed E-state index contributed by atoms with van der Waals surface area (Å²) in [5.74, 6) is 1.61. The maximum absolute atomic E-state index is 13.5. The summed E-state index contributed by atoms with van der Waals surface area (Å²) < 4.78 is 26.0. The average Bonchev–Trinajstić information content (AvgIpc) is 3.48. The molecule has 1 fully saturated rings. The Morgan fingerprint density at radius 1 is 1.06 bits per heavy atom. The molecule has 1 aliphatic heterocycles. The van der Waals surface area contributed by atoms with Crippen LogP contribution in [-0.4, -0.2) is 58.5 Å². The van der Waals surface area contributed by atoms with Gasteiger partial charge < -0.3 is 9.47 Å². The summed E-state index contributed by atoms with van der Waals surface area (Å²) in [6.45, 7) is 2.70. The minimum Gasteiger partial charge on any atom is -0.497 e. The number of methoxy groups -OCH3 is 2. The molecule has 0 atom stereocenters. The van der Waals surface area contributed by atoms with Crippen molar-refractivity contribution in [2.24, 2.45) is 0 Å². The molecule has 0 spiro atoms. The van der Waals surface area contributed by atoms with E-state index in [4.69, 9.17) is 9.47 Å². The molecule has 0 bridgehead atoms. The second-order valence-electron chi connectivity index (χ2n) is 7.47. The van der Waals surface area contributed by atoms with Gasteiger partial charge in [-0.1, -0.05) is 11.8 Å². The molecule has 0 amide bonds. The Labute approximate surface area is 190 Å². The third-order valence-corrected chi connectivity index (χ3v) is 6.32. The van der Waals surface area contributed by atoms with Gasteiger partial charge in [0.05, 0.1) is 32.1 Å². The van der Waals surface area contributed by atoms with E-state index >= 15 is 0 Å². The highest BCUT2D eigenvalue weighted by Gasteiger charge is 2.21. The number of nitrogens with zero attached hydrogens (tertiary/aromatic N) is 4. The Bertz CT molecular complexity index is 1080. The number of ether oxygens (including phenoxy) is 2. The molecule has 2 heterocycles. The molecule has 32 heavy (non-hydrogen) atoms. The predicted octanol–water partition coefficient (Wildman–Crippen LogP) is 3.99. The Morgan fingerprint density at radius 2 is 1.81 bits per heavy atom. The van der Waals surface area contributed by atoms with E-state index in [1.807, 2.05) is 4.57 Å². The minimum atomic E-state index is -0.307. The van der Waals surface area contributed by atoms with Gasteiger partial charge in [-0.15, -0.1) is 10.2 Å². The molecule has 7 nitrogen and oxygen atoms in total. The lowest BCUT2D eigenvalue weighted by Gasteiger charge is -2.16. The van der Waals surface area contributed by atoms with Crippen LogP contribution in [0.2, 0.25) is 0 Å². The molecule has 1 aromatic heterocycles. The van der Waals surface area contributed by atoms with Gasteiger partial charge in [0.2, 0.25) is 0 Å². The molecule has 168 valence electrons. The number of halogens is 1. The SMILES string of the molecule is COc1ccc(C(=O)CSc2nnc(CN3CCCC3)n2-c2ccc(F)cc2)c(OC)c1. The lowest BCUT2D eigenvalue weighted by molar-refractivity contribution is 0.101. The number of thioether (sulfide) groups is 1. The number of ketones is 1. The van der Waals surface area contributed by atoms with Gasteiger partial charge in [-0.3, -0.25) is 14.3 Å². The van der Waals surface area contributed by atoms with E-state index < -0.39 is 0 Å². The first-order chi connectivity index (χ1) is 15.6. The molecule has 9 heteroatoms. The summed E-state index contributed by atoms with van der Waals surface area (Å²) in [4.78, 5) is 15.2. The van der Waals surface area contributed by atoms with E-state index in [1.165, 1.54) is 43.8 Å². The lowest BCUT2D eigenvalue weighted by atomic mass is 10.1. The largest absolute Gasteiger partial charge is 0.497 e. The van der Waals surface area contributed by atoms with Crippen LogP contribution >= 0.6 is 11.8 Å². The van der Waals surface area contributed by atoms with Gasteiger partial charge in [-0.05, 0) is 62.3 Å². The highest BCUT2D eigenvalue weighted by molar-refractivity contribution is 7.99. The summed E-state index contributed by atoms with van der Waals surface area (Å²) >= 11 is 1.30. The quantitative estimate of drug-likeness (QED) is 0.356. The van der Waals surface area contributed by atoms with Crippen LogP contribution in [0.5, 0.6) is 11.5 Å². The smallest absolute Gasteiger partial charge is 0.196 e. The Kier molecular flexibility index (Phi) is 7.06. The van der Waals surface area contributed by atoms with Gasteiger partial charge >= 0.3 is 0 Å². The van der Waals surface area contributed by atoms with Crippen molar-refractivity contribution in [1.29, 1.82) is 0 Å². The van der Waals surface area contributed by atoms with Crippen molar-refractivity contribution in [2.75, 3.05) is 33.1 Å². The molecule has 0 unspecified atom stereocenters. The van der Waals surface area contributed by atoms with Gasteiger partial charge in [0.15, 0.2) is 16.8 Å². The first-order valence-electron chi connectivity index (χ1n) is 10.4. The van der Waals surface area contributed by atoms with Crippen molar-refractivity contribution >= 4 is 17.5 Å². The van der Waals surface area contributed by atoms with Crippen LogP contribution in [0.3, 0.4) is 0 Å². The fourth-order valence-electron chi connectivity index (χ4n) is 3.72.